The van der Waals surface area contributed by atoms with Gasteiger partial charge in [0.15, 0.2) is 0 Å². The third-order valence-electron chi connectivity index (χ3n) is 4.06. The molecule has 4 heteroatoms. The fourth-order valence-corrected chi connectivity index (χ4v) is 2.85. The van der Waals surface area contributed by atoms with Crippen molar-refractivity contribution in [2.24, 2.45) is 0 Å². The van der Waals surface area contributed by atoms with E-state index in [0.29, 0.717) is 25.4 Å². The van der Waals surface area contributed by atoms with Crippen molar-refractivity contribution < 1.29 is 14.2 Å². The maximum Gasteiger partial charge on any atom is 0.0728 e. The van der Waals surface area contributed by atoms with E-state index < -0.39 is 0 Å². The zero-order valence-corrected chi connectivity index (χ0v) is 14.1. The fourth-order valence-electron chi connectivity index (χ4n) is 2.85. The first-order chi connectivity index (χ1) is 10.4. The van der Waals surface area contributed by atoms with E-state index in [-0.39, 0.29) is 0 Å². The highest BCUT2D eigenvalue weighted by molar-refractivity contribution is 4.79. The number of nitrogens with one attached hydrogen (secondary N) is 1. The van der Waals surface area contributed by atoms with Crippen molar-refractivity contribution in [2.45, 2.75) is 70.4 Å². The molecule has 1 rings (SSSR count). The average molecular weight is 301 g/mol. The van der Waals surface area contributed by atoms with Crippen molar-refractivity contribution >= 4 is 0 Å². The molecule has 1 saturated carbocycles. The van der Waals surface area contributed by atoms with E-state index in [2.05, 4.69) is 12.2 Å². The molecular formula is C17H35NO3. The first-order valence-electron chi connectivity index (χ1n) is 8.80. The summed E-state index contributed by atoms with van der Waals surface area (Å²) in [5.74, 6) is 0. The summed E-state index contributed by atoms with van der Waals surface area (Å²) >= 11 is 0. The van der Waals surface area contributed by atoms with Crippen LogP contribution in [0.15, 0.2) is 0 Å². The van der Waals surface area contributed by atoms with Gasteiger partial charge in [0.25, 0.3) is 0 Å². The van der Waals surface area contributed by atoms with Gasteiger partial charge in [-0.2, -0.15) is 0 Å². The Morgan fingerprint density at radius 1 is 0.952 bits per heavy atom. The minimum atomic E-state index is 0.385. The molecule has 1 aliphatic rings. The third-order valence-corrected chi connectivity index (χ3v) is 4.06. The third kappa shape index (κ3) is 9.46. The van der Waals surface area contributed by atoms with Gasteiger partial charge in [-0.3, -0.25) is 0 Å². The van der Waals surface area contributed by atoms with E-state index in [1.54, 1.807) is 7.11 Å². The monoisotopic (exact) mass is 301 g/mol. The molecule has 0 spiro atoms. The molecule has 1 aliphatic carbocycles. The van der Waals surface area contributed by atoms with Gasteiger partial charge >= 0.3 is 0 Å². The molecule has 0 radical (unpaired) electrons. The number of ether oxygens (including phenoxy) is 3. The zero-order chi connectivity index (χ0) is 15.2. The molecule has 0 aromatic carbocycles. The topological polar surface area (TPSA) is 39.7 Å². The maximum absolute atomic E-state index is 6.16. The second kappa shape index (κ2) is 13.5. The highest BCUT2D eigenvalue weighted by Crippen LogP contribution is 2.20. The molecular weight excluding hydrogens is 266 g/mol. The highest BCUT2D eigenvalue weighted by atomic mass is 16.5. The van der Waals surface area contributed by atoms with Crippen LogP contribution in [0.5, 0.6) is 0 Å². The van der Waals surface area contributed by atoms with Crippen LogP contribution in [0.4, 0.5) is 0 Å². The van der Waals surface area contributed by atoms with Crippen molar-refractivity contribution in [3.8, 4) is 0 Å². The molecule has 21 heavy (non-hydrogen) atoms. The average Bonchev–Trinajstić information content (AvgIpc) is 2.47. The van der Waals surface area contributed by atoms with Crippen LogP contribution in [0.2, 0.25) is 0 Å². The lowest BCUT2D eigenvalue weighted by atomic mass is 9.94. The smallest absolute Gasteiger partial charge is 0.0728 e. The number of hydrogen-bond donors (Lipinski definition) is 1. The quantitative estimate of drug-likeness (QED) is 0.595. The Hall–Kier alpha value is -0.160. The second-order valence-corrected chi connectivity index (χ2v) is 5.92. The van der Waals surface area contributed by atoms with E-state index >= 15 is 0 Å². The van der Waals surface area contributed by atoms with Crippen LogP contribution < -0.4 is 5.32 Å². The Balaban J connectivity index is 2.19. The minimum Gasteiger partial charge on any atom is -0.382 e. The van der Waals surface area contributed by atoms with Gasteiger partial charge in [0.2, 0.25) is 0 Å². The van der Waals surface area contributed by atoms with Crippen LogP contribution in [-0.4, -0.2) is 52.2 Å². The SMILES string of the molecule is CCCNC1CCCCCCC1OCCCOCCOC. The molecule has 0 bridgehead atoms. The van der Waals surface area contributed by atoms with E-state index in [9.17, 15) is 0 Å². The van der Waals surface area contributed by atoms with Crippen LogP contribution >= 0.6 is 0 Å². The molecule has 2 unspecified atom stereocenters. The maximum atomic E-state index is 6.16. The van der Waals surface area contributed by atoms with Crippen LogP contribution in [0.25, 0.3) is 0 Å². The summed E-state index contributed by atoms with van der Waals surface area (Å²) in [6.45, 7) is 6.26. The van der Waals surface area contributed by atoms with Crippen molar-refractivity contribution in [3.63, 3.8) is 0 Å². The van der Waals surface area contributed by atoms with Gasteiger partial charge in [-0.05, 0) is 32.2 Å². The normalized spacial score (nSPS) is 23.7. The molecule has 0 saturated heterocycles. The number of rotatable bonds is 11. The Morgan fingerprint density at radius 2 is 1.76 bits per heavy atom. The highest BCUT2D eigenvalue weighted by Gasteiger charge is 2.22. The minimum absolute atomic E-state index is 0.385. The van der Waals surface area contributed by atoms with Crippen LogP contribution in [0.3, 0.4) is 0 Å². The summed E-state index contributed by atoms with van der Waals surface area (Å²) < 4.78 is 16.6. The molecule has 0 aromatic rings. The van der Waals surface area contributed by atoms with Crippen LogP contribution in [0.1, 0.15) is 58.3 Å². The summed E-state index contributed by atoms with van der Waals surface area (Å²) in [6.07, 6.45) is 10.4. The molecule has 0 aromatic heterocycles. The zero-order valence-electron chi connectivity index (χ0n) is 14.1. The van der Waals surface area contributed by atoms with Gasteiger partial charge in [-0.1, -0.05) is 32.6 Å². The molecule has 2 atom stereocenters. The van der Waals surface area contributed by atoms with E-state index in [0.717, 1.165) is 26.2 Å². The van der Waals surface area contributed by atoms with Crippen molar-refractivity contribution in [2.75, 3.05) is 40.1 Å². The van der Waals surface area contributed by atoms with E-state index in [1.807, 2.05) is 0 Å². The van der Waals surface area contributed by atoms with E-state index in [4.69, 9.17) is 14.2 Å². The second-order valence-electron chi connectivity index (χ2n) is 5.92. The molecule has 126 valence electrons. The van der Waals surface area contributed by atoms with Crippen molar-refractivity contribution in [3.05, 3.63) is 0 Å². The summed E-state index contributed by atoms with van der Waals surface area (Å²) in [6, 6.07) is 0.541. The first-order valence-corrected chi connectivity index (χ1v) is 8.80. The molecule has 1 N–H and O–H groups in total. The lowest BCUT2D eigenvalue weighted by Crippen LogP contribution is -2.42. The Kier molecular flexibility index (Phi) is 12.1. The Labute approximate surface area is 130 Å². The van der Waals surface area contributed by atoms with Crippen molar-refractivity contribution in [1.29, 1.82) is 0 Å². The van der Waals surface area contributed by atoms with Gasteiger partial charge in [-0.25, -0.2) is 0 Å². The van der Waals surface area contributed by atoms with Gasteiger partial charge in [0.05, 0.1) is 19.3 Å². The van der Waals surface area contributed by atoms with Crippen molar-refractivity contribution in [1.82, 2.24) is 5.32 Å². The largest absolute Gasteiger partial charge is 0.382 e. The standard InChI is InChI=1S/C17H35NO3/c1-3-11-18-16-9-6-4-5-7-10-17(16)21-13-8-12-20-15-14-19-2/h16-18H,3-15H2,1-2H3. The Bertz CT molecular complexity index is 224. The molecule has 0 aliphatic heterocycles. The van der Waals surface area contributed by atoms with Gasteiger partial charge in [-0.15, -0.1) is 0 Å². The van der Waals surface area contributed by atoms with Gasteiger partial charge < -0.3 is 19.5 Å². The summed E-state index contributed by atoms with van der Waals surface area (Å²) in [5, 5.41) is 3.69. The van der Waals surface area contributed by atoms with Crippen LogP contribution in [-0.2, 0) is 14.2 Å². The number of hydrogen-bond acceptors (Lipinski definition) is 4. The molecule has 0 amide bonds. The lowest BCUT2D eigenvalue weighted by molar-refractivity contribution is -0.00226. The molecule has 0 heterocycles. The molecule has 1 fully saturated rings. The fraction of sp³-hybridized carbons (Fsp3) is 1.00. The Morgan fingerprint density at radius 3 is 2.52 bits per heavy atom. The molecule has 4 nitrogen and oxygen atoms in total. The van der Waals surface area contributed by atoms with Gasteiger partial charge in [0, 0.05) is 26.4 Å². The predicted molar refractivity (Wildman–Crippen MR) is 86.8 cm³/mol. The first kappa shape index (κ1) is 18.9. The lowest BCUT2D eigenvalue weighted by Gasteiger charge is -2.30. The van der Waals surface area contributed by atoms with Gasteiger partial charge in [0.1, 0.15) is 0 Å². The van der Waals surface area contributed by atoms with E-state index in [1.165, 1.54) is 44.9 Å². The van der Waals surface area contributed by atoms with Crippen LogP contribution in [0, 0.1) is 0 Å². The predicted octanol–water partition coefficient (Wildman–Crippen LogP) is 3.15. The summed E-state index contributed by atoms with van der Waals surface area (Å²) in [5.41, 5.74) is 0. The summed E-state index contributed by atoms with van der Waals surface area (Å²) in [4.78, 5) is 0. The summed E-state index contributed by atoms with van der Waals surface area (Å²) in [7, 11) is 1.70. The number of methoxy groups -OCH3 is 1.